The molecule has 0 aromatic carbocycles. The number of carbonyl (C=O) groups is 3. The number of piperidine rings is 1. The van der Waals surface area contributed by atoms with Crippen LogP contribution >= 0.6 is 0 Å². The summed E-state index contributed by atoms with van der Waals surface area (Å²) in [5, 5.41) is 19.0. The summed E-state index contributed by atoms with van der Waals surface area (Å²) in [7, 11) is 0. The summed E-state index contributed by atoms with van der Waals surface area (Å²) in [5.74, 6) is -0.958. The molecule has 0 aromatic rings. The minimum atomic E-state index is -1.18. The van der Waals surface area contributed by atoms with Gasteiger partial charge in [0.1, 0.15) is 24.3 Å². The average Bonchev–Trinajstić information content (AvgIpc) is 3.30. The van der Waals surface area contributed by atoms with Crippen LogP contribution < -0.4 is 0 Å². The predicted octanol–water partition coefficient (Wildman–Crippen LogP) is 1.37. The van der Waals surface area contributed by atoms with Crippen molar-refractivity contribution in [3.63, 3.8) is 0 Å². The van der Waals surface area contributed by atoms with Crippen molar-refractivity contribution in [2.45, 2.75) is 76.3 Å². The Morgan fingerprint density at radius 1 is 1.25 bits per heavy atom. The van der Waals surface area contributed by atoms with Crippen LogP contribution in [0.15, 0.2) is 0 Å². The molecular weight excluding hydrogens is 366 g/mol. The number of nitriles is 1. The maximum absolute atomic E-state index is 13.0. The van der Waals surface area contributed by atoms with E-state index in [4.69, 9.17) is 9.47 Å². The van der Waals surface area contributed by atoms with E-state index in [0.29, 0.717) is 25.8 Å². The Labute approximate surface area is 164 Å². The number of hydrogen-bond acceptors (Lipinski definition) is 6. The van der Waals surface area contributed by atoms with E-state index in [1.54, 1.807) is 20.8 Å². The van der Waals surface area contributed by atoms with Crippen LogP contribution in [0.2, 0.25) is 0 Å². The van der Waals surface area contributed by atoms with E-state index >= 15 is 0 Å². The van der Waals surface area contributed by atoms with E-state index in [1.165, 1.54) is 9.80 Å². The van der Waals surface area contributed by atoms with E-state index in [9.17, 15) is 24.8 Å². The molecule has 5 atom stereocenters. The minimum absolute atomic E-state index is 0.169. The molecule has 9 heteroatoms. The molecule has 2 amide bonds. The Kier molecular flexibility index (Phi) is 5.53. The molecule has 2 aliphatic heterocycles. The zero-order chi connectivity index (χ0) is 20.6. The van der Waals surface area contributed by atoms with Crippen LogP contribution in [0.25, 0.3) is 0 Å². The maximum Gasteiger partial charge on any atom is 0.408 e. The van der Waals surface area contributed by atoms with Gasteiger partial charge in [-0.3, -0.25) is 9.69 Å². The molecule has 2 saturated heterocycles. The summed E-state index contributed by atoms with van der Waals surface area (Å²) in [6, 6.07) is 0.395. The largest absolute Gasteiger partial charge is 0.465 e. The van der Waals surface area contributed by atoms with Gasteiger partial charge in [0.15, 0.2) is 0 Å². The number of amides is 2. The lowest BCUT2D eigenvalue weighted by atomic mass is 9.96. The molecule has 3 rings (SSSR count). The Morgan fingerprint density at radius 3 is 2.57 bits per heavy atom. The monoisotopic (exact) mass is 393 g/mol. The summed E-state index contributed by atoms with van der Waals surface area (Å²) in [6.07, 6.45) is 0.787. The van der Waals surface area contributed by atoms with Gasteiger partial charge in [-0.1, -0.05) is 0 Å². The molecule has 0 spiro atoms. The van der Waals surface area contributed by atoms with Crippen molar-refractivity contribution in [1.82, 2.24) is 9.80 Å². The first kappa shape index (κ1) is 20.4. The molecule has 28 heavy (non-hydrogen) atoms. The molecule has 3 aliphatic rings. The number of likely N-dealkylation sites (tertiary alicyclic amines) is 2. The molecule has 1 aliphatic carbocycles. The lowest BCUT2D eigenvalue weighted by Gasteiger charge is -2.38. The number of esters is 1. The zero-order valence-electron chi connectivity index (χ0n) is 16.5. The molecule has 9 nitrogen and oxygen atoms in total. The van der Waals surface area contributed by atoms with Gasteiger partial charge in [0.05, 0.1) is 18.2 Å². The Bertz CT molecular complexity index is 697. The quantitative estimate of drug-likeness (QED) is 0.716. The van der Waals surface area contributed by atoms with E-state index in [2.05, 4.69) is 6.07 Å². The fraction of sp³-hybridized carbons (Fsp3) is 0.789. The predicted molar refractivity (Wildman–Crippen MR) is 96.1 cm³/mol. The molecule has 0 aromatic heterocycles. The molecule has 2 bridgehead atoms. The van der Waals surface area contributed by atoms with E-state index < -0.39 is 41.9 Å². The molecule has 0 radical (unpaired) electrons. The Hall–Kier alpha value is -2.34. The van der Waals surface area contributed by atoms with Crippen molar-refractivity contribution in [3.05, 3.63) is 0 Å². The van der Waals surface area contributed by atoms with Gasteiger partial charge in [-0.05, 0) is 52.4 Å². The third kappa shape index (κ3) is 3.92. The Morgan fingerprint density at radius 2 is 1.96 bits per heavy atom. The van der Waals surface area contributed by atoms with Crippen molar-refractivity contribution in [2.75, 3.05) is 13.2 Å². The normalized spacial score (nSPS) is 31.7. The maximum atomic E-state index is 13.0. The molecule has 154 valence electrons. The fourth-order valence-corrected chi connectivity index (χ4v) is 4.64. The van der Waals surface area contributed by atoms with Crippen molar-refractivity contribution in [3.8, 4) is 6.07 Å². The Balaban J connectivity index is 1.66. The first-order chi connectivity index (χ1) is 13.1. The standard InChI is InChI=1S/C19H27N3O6/c1-19(2,3)28-15(23)10-27-14-8-11-7-13(14)22(18(25)26)16(11)17(24)21-6-4-5-12(21)9-20/h11-14,16H,4-8,10H2,1-3H3,(H,25,26)/t11-,12-,13+,14+,16-/m0/s1. The summed E-state index contributed by atoms with van der Waals surface area (Å²) in [6.45, 7) is 5.52. The van der Waals surface area contributed by atoms with Gasteiger partial charge in [-0.15, -0.1) is 0 Å². The number of ether oxygens (including phenoxy) is 2. The highest BCUT2D eigenvalue weighted by atomic mass is 16.6. The van der Waals surface area contributed by atoms with Crippen LogP contribution in [-0.2, 0) is 19.1 Å². The van der Waals surface area contributed by atoms with Crippen LogP contribution in [0.4, 0.5) is 4.79 Å². The molecule has 3 fully saturated rings. The number of rotatable bonds is 4. The smallest absolute Gasteiger partial charge is 0.408 e. The zero-order valence-corrected chi connectivity index (χ0v) is 16.5. The average molecular weight is 393 g/mol. The van der Waals surface area contributed by atoms with Gasteiger partial charge in [-0.25, -0.2) is 9.59 Å². The topological polar surface area (TPSA) is 120 Å². The second-order valence-corrected chi connectivity index (χ2v) is 8.69. The van der Waals surface area contributed by atoms with E-state index in [1.807, 2.05) is 0 Å². The molecular formula is C19H27N3O6. The van der Waals surface area contributed by atoms with Gasteiger partial charge in [-0.2, -0.15) is 5.26 Å². The van der Waals surface area contributed by atoms with E-state index in [-0.39, 0.29) is 18.4 Å². The van der Waals surface area contributed by atoms with Crippen molar-refractivity contribution in [1.29, 1.82) is 5.26 Å². The highest BCUT2D eigenvalue weighted by Gasteiger charge is 2.58. The highest BCUT2D eigenvalue weighted by Crippen LogP contribution is 2.45. The highest BCUT2D eigenvalue weighted by molar-refractivity contribution is 5.87. The lowest BCUT2D eigenvalue weighted by Crippen LogP contribution is -2.57. The molecule has 2 heterocycles. The number of nitrogens with zero attached hydrogens (tertiary/aromatic N) is 3. The van der Waals surface area contributed by atoms with Crippen LogP contribution in [0.3, 0.4) is 0 Å². The number of carbonyl (C=O) groups excluding carboxylic acids is 2. The summed E-state index contributed by atoms with van der Waals surface area (Å²) in [5.41, 5.74) is -0.618. The summed E-state index contributed by atoms with van der Waals surface area (Å²) < 4.78 is 10.9. The minimum Gasteiger partial charge on any atom is -0.465 e. The van der Waals surface area contributed by atoms with Gasteiger partial charge < -0.3 is 19.5 Å². The van der Waals surface area contributed by atoms with Crippen LogP contribution in [0, 0.1) is 17.2 Å². The van der Waals surface area contributed by atoms with Crippen molar-refractivity contribution >= 4 is 18.0 Å². The number of hydrogen-bond donors (Lipinski definition) is 1. The van der Waals surface area contributed by atoms with E-state index in [0.717, 1.165) is 6.42 Å². The van der Waals surface area contributed by atoms with Crippen LogP contribution in [0.5, 0.6) is 0 Å². The van der Waals surface area contributed by atoms with Gasteiger partial charge in [0.25, 0.3) is 0 Å². The lowest BCUT2D eigenvalue weighted by molar-refractivity contribution is -0.164. The van der Waals surface area contributed by atoms with Crippen LogP contribution in [-0.4, -0.2) is 75.9 Å². The van der Waals surface area contributed by atoms with Crippen LogP contribution in [0.1, 0.15) is 46.5 Å². The third-order valence-corrected chi connectivity index (χ3v) is 5.61. The molecule has 1 saturated carbocycles. The second-order valence-electron chi connectivity index (χ2n) is 8.69. The molecule has 1 N–H and O–H groups in total. The van der Waals surface area contributed by atoms with Crippen molar-refractivity contribution in [2.24, 2.45) is 5.92 Å². The van der Waals surface area contributed by atoms with Gasteiger partial charge >= 0.3 is 12.1 Å². The SMILES string of the molecule is CC(C)(C)OC(=O)CO[C@@H]1C[C@@H]2C[C@H]1N(C(=O)O)[C@@H]2C(=O)N1CCC[C@H]1C#N. The number of carboxylic acid groups (broad SMARTS) is 1. The van der Waals surface area contributed by atoms with Gasteiger partial charge in [0.2, 0.25) is 5.91 Å². The fourth-order valence-electron chi connectivity index (χ4n) is 4.64. The van der Waals surface area contributed by atoms with Crippen molar-refractivity contribution < 1.29 is 29.0 Å². The van der Waals surface area contributed by atoms with Gasteiger partial charge in [0, 0.05) is 6.54 Å². The first-order valence-corrected chi connectivity index (χ1v) is 9.67. The summed E-state index contributed by atoms with van der Waals surface area (Å²) in [4.78, 5) is 39.5. The summed E-state index contributed by atoms with van der Waals surface area (Å²) >= 11 is 0. The second kappa shape index (κ2) is 7.59. The third-order valence-electron chi connectivity index (χ3n) is 5.61. The first-order valence-electron chi connectivity index (χ1n) is 9.67. The number of fused-ring (bicyclic) bond motifs is 2. The molecule has 0 unspecified atom stereocenters.